The first kappa shape index (κ1) is 12.9. The Morgan fingerprint density at radius 1 is 1.21 bits per heavy atom. The highest BCUT2D eigenvalue weighted by Gasteiger charge is 2.36. The van der Waals surface area contributed by atoms with E-state index in [1.54, 1.807) is 7.11 Å². The van der Waals surface area contributed by atoms with Crippen molar-refractivity contribution in [2.24, 2.45) is 11.8 Å². The molecule has 3 nitrogen and oxygen atoms in total. The van der Waals surface area contributed by atoms with E-state index in [4.69, 9.17) is 4.74 Å². The quantitative estimate of drug-likeness (QED) is 0.903. The Labute approximate surface area is 115 Å². The summed E-state index contributed by atoms with van der Waals surface area (Å²) in [5.74, 6) is 2.62. The maximum Gasteiger partial charge on any atom is 0.118 e. The van der Waals surface area contributed by atoms with Crippen molar-refractivity contribution in [1.82, 2.24) is 4.90 Å². The Kier molecular flexibility index (Phi) is 3.76. The lowest BCUT2D eigenvalue weighted by atomic mass is 10.0. The average Bonchev–Trinajstić information content (AvgIpc) is 2.99. The van der Waals surface area contributed by atoms with Gasteiger partial charge in [0.1, 0.15) is 5.75 Å². The van der Waals surface area contributed by atoms with Crippen LogP contribution >= 0.6 is 0 Å². The van der Waals surface area contributed by atoms with Crippen molar-refractivity contribution >= 4 is 0 Å². The highest BCUT2D eigenvalue weighted by Crippen LogP contribution is 2.38. The van der Waals surface area contributed by atoms with E-state index in [0.29, 0.717) is 0 Å². The van der Waals surface area contributed by atoms with Crippen LogP contribution in [0.25, 0.3) is 0 Å². The number of likely N-dealkylation sites (tertiary alicyclic amines) is 1. The summed E-state index contributed by atoms with van der Waals surface area (Å²) in [7, 11) is 1.66. The second kappa shape index (κ2) is 5.51. The van der Waals surface area contributed by atoms with E-state index >= 15 is 0 Å². The molecule has 1 aromatic rings. The molecule has 0 bridgehead atoms. The van der Waals surface area contributed by atoms with Crippen molar-refractivity contribution in [1.29, 1.82) is 0 Å². The molecule has 1 N–H and O–H groups in total. The molecule has 0 radical (unpaired) electrons. The molecule has 1 aliphatic carbocycles. The van der Waals surface area contributed by atoms with Crippen LogP contribution in [0, 0.1) is 11.8 Å². The van der Waals surface area contributed by atoms with E-state index in [2.05, 4.69) is 4.90 Å². The number of fused-ring (bicyclic) bond motifs is 1. The summed E-state index contributed by atoms with van der Waals surface area (Å²) in [6.45, 7) is 3.12. The van der Waals surface area contributed by atoms with Gasteiger partial charge in [-0.25, -0.2) is 0 Å². The zero-order valence-corrected chi connectivity index (χ0v) is 11.6. The molecule has 1 saturated carbocycles. The number of aliphatic hydroxyl groups is 1. The maximum absolute atomic E-state index is 10.3. The van der Waals surface area contributed by atoms with Crippen molar-refractivity contribution in [3.8, 4) is 5.75 Å². The van der Waals surface area contributed by atoms with Gasteiger partial charge in [-0.15, -0.1) is 0 Å². The Hall–Kier alpha value is -1.06. The number of hydrogen-bond acceptors (Lipinski definition) is 3. The molecule has 0 spiro atoms. The zero-order valence-electron chi connectivity index (χ0n) is 11.6. The summed E-state index contributed by atoms with van der Waals surface area (Å²) in [5, 5.41) is 10.3. The van der Waals surface area contributed by atoms with Crippen LogP contribution in [0.4, 0.5) is 0 Å². The Morgan fingerprint density at radius 3 is 2.42 bits per heavy atom. The molecule has 19 heavy (non-hydrogen) atoms. The SMILES string of the molecule is COc1ccc(C(O)CN2CC3CCCC3C2)cc1. The molecular formula is C16H23NO2. The third-order valence-corrected chi connectivity index (χ3v) is 4.73. The lowest BCUT2D eigenvalue weighted by molar-refractivity contribution is 0.122. The van der Waals surface area contributed by atoms with Gasteiger partial charge in [-0.3, -0.25) is 4.90 Å². The normalized spacial score (nSPS) is 28.3. The fourth-order valence-electron chi connectivity index (χ4n) is 3.66. The van der Waals surface area contributed by atoms with Crippen LogP contribution in [0.1, 0.15) is 30.9 Å². The molecule has 104 valence electrons. The second-order valence-corrected chi connectivity index (χ2v) is 5.96. The van der Waals surface area contributed by atoms with E-state index in [9.17, 15) is 5.11 Å². The van der Waals surface area contributed by atoms with Crippen LogP contribution in [0.3, 0.4) is 0 Å². The molecule has 1 saturated heterocycles. The lowest BCUT2D eigenvalue weighted by Gasteiger charge is -2.21. The topological polar surface area (TPSA) is 32.7 Å². The summed E-state index contributed by atoms with van der Waals surface area (Å²) in [5.41, 5.74) is 0.984. The van der Waals surface area contributed by atoms with Gasteiger partial charge in [0, 0.05) is 19.6 Å². The van der Waals surface area contributed by atoms with Crippen molar-refractivity contribution < 1.29 is 9.84 Å². The monoisotopic (exact) mass is 261 g/mol. The predicted molar refractivity (Wildman–Crippen MR) is 75.2 cm³/mol. The number of β-amino-alcohol motifs (C(OH)–C–C–N with tert-alkyl or cyclic N) is 1. The highest BCUT2D eigenvalue weighted by atomic mass is 16.5. The summed E-state index contributed by atoms with van der Waals surface area (Å²) in [4.78, 5) is 2.43. The minimum Gasteiger partial charge on any atom is -0.497 e. The molecule has 3 heteroatoms. The fourth-order valence-corrected chi connectivity index (χ4v) is 3.66. The lowest BCUT2D eigenvalue weighted by Crippen LogP contribution is -2.27. The number of rotatable bonds is 4. The van der Waals surface area contributed by atoms with Gasteiger partial charge >= 0.3 is 0 Å². The van der Waals surface area contributed by atoms with Crippen molar-refractivity contribution in [2.45, 2.75) is 25.4 Å². The highest BCUT2D eigenvalue weighted by molar-refractivity contribution is 5.28. The van der Waals surface area contributed by atoms with Gasteiger partial charge in [0.15, 0.2) is 0 Å². The van der Waals surface area contributed by atoms with Gasteiger partial charge in [0.05, 0.1) is 13.2 Å². The van der Waals surface area contributed by atoms with Crippen LogP contribution in [-0.2, 0) is 0 Å². The van der Waals surface area contributed by atoms with Crippen molar-refractivity contribution in [3.05, 3.63) is 29.8 Å². The second-order valence-electron chi connectivity index (χ2n) is 5.96. The largest absolute Gasteiger partial charge is 0.497 e. The number of nitrogens with zero attached hydrogens (tertiary/aromatic N) is 1. The van der Waals surface area contributed by atoms with E-state index in [0.717, 1.165) is 29.7 Å². The summed E-state index contributed by atoms with van der Waals surface area (Å²) in [6.07, 6.45) is 3.80. The van der Waals surface area contributed by atoms with E-state index in [1.165, 1.54) is 32.4 Å². The smallest absolute Gasteiger partial charge is 0.118 e. The van der Waals surface area contributed by atoms with Gasteiger partial charge < -0.3 is 9.84 Å². The predicted octanol–water partition coefficient (Wildman–Crippen LogP) is 2.46. The summed E-state index contributed by atoms with van der Waals surface area (Å²) < 4.78 is 5.14. The number of ether oxygens (including phenoxy) is 1. The van der Waals surface area contributed by atoms with Gasteiger partial charge in [-0.1, -0.05) is 18.6 Å². The van der Waals surface area contributed by atoms with Crippen LogP contribution < -0.4 is 4.74 Å². The third kappa shape index (κ3) is 2.77. The fraction of sp³-hybridized carbons (Fsp3) is 0.625. The molecule has 2 aliphatic rings. The zero-order chi connectivity index (χ0) is 13.2. The van der Waals surface area contributed by atoms with Crippen LogP contribution in [0.5, 0.6) is 5.75 Å². The van der Waals surface area contributed by atoms with Crippen molar-refractivity contribution in [2.75, 3.05) is 26.7 Å². The van der Waals surface area contributed by atoms with E-state index in [-0.39, 0.29) is 6.10 Å². The molecule has 0 aromatic heterocycles. The molecular weight excluding hydrogens is 238 g/mol. The Morgan fingerprint density at radius 2 is 1.84 bits per heavy atom. The number of hydrogen-bond donors (Lipinski definition) is 1. The standard InChI is InChI=1S/C16H23NO2/c1-19-15-7-5-12(6-8-15)16(18)11-17-9-13-3-2-4-14(13)10-17/h5-8,13-14,16,18H,2-4,9-11H2,1H3. The molecule has 2 fully saturated rings. The Bertz CT molecular complexity index is 405. The average molecular weight is 261 g/mol. The van der Waals surface area contributed by atoms with E-state index < -0.39 is 0 Å². The number of benzene rings is 1. The first-order valence-corrected chi connectivity index (χ1v) is 7.30. The third-order valence-electron chi connectivity index (χ3n) is 4.73. The van der Waals surface area contributed by atoms with Gasteiger partial charge in [0.2, 0.25) is 0 Å². The molecule has 1 heterocycles. The summed E-state index contributed by atoms with van der Waals surface area (Å²) in [6, 6.07) is 7.75. The molecule has 1 aromatic carbocycles. The van der Waals surface area contributed by atoms with Crippen LogP contribution in [0.2, 0.25) is 0 Å². The first-order valence-electron chi connectivity index (χ1n) is 7.30. The van der Waals surface area contributed by atoms with Crippen LogP contribution in [0.15, 0.2) is 24.3 Å². The summed E-state index contributed by atoms with van der Waals surface area (Å²) >= 11 is 0. The van der Waals surface area contributed by atoms with Crippen molar-refractivity contribution in [3.63, 3.8) is 0 Å². The van der Waals surface area contributed by atoms with Crippen LogP contribution in [-0.4, -0.2) is 36.8 Å². The van der Waals surface area contributed by atoms with Gasteiger partial charge in [-0.2, -0.15) is 0 Å². The number of methoxy groups -OCH3 is 1. The maximum atomic E-state index is 10.3. The number of aliphatic hydroxyl groups excluding tert-OH is 1. The van der Waals surface area contributed by atoms with E-state index in [1.807, 2.05) is 24.3 Å². The minimum atomic E-state index is -0.385. The molecule has 0 amide bonds. The molecule has 1 aliphatic heterocycles. The van der Waals surface area contributed by atoms with Gasteiger partial charge in [-0.05, 0) is 42.4 Å². The Balaban J connectivity index is 1.57. The molecule has 3 unspecified atom stereocenters. The molecule has 3 rings (SSSR count). The van der Waals surface area contributed by atoms with Gasteiger partial charge in [0.25, 0.3) is 0 Å². The first-order chi connectivity index (χ1) is 9.26. The minimum absolute atomic E-state index is 0.385. The molecule has 3 atom stereocenters.